The van der Waals surface area contributed by atoms with Crippen LogP contribution >= 0.6 is 11.3 Å². The first-order valence-electron chi connectivity index (χ1n) is 9.10. The number of rotatable bonds is 4. The summed E-state index contributed by atoms with van der Waals surface area (Å²) in [6, 6.07) is 15.6. The molecule has 0 aliphatic carbocycles. The van der Waals surface area contributed by atoms with E-state index in [-0.39, 0.29) is 5.91 Å². The maximum Gasteiger partial charge on any atom is 0.222 e. The van der Waals surface area contributed by atoms with Gasteiger partial charge in [-0.15, -0.1) is 11.3 Å². The number of amides is 1. The van der Waals surface area contributed by atoms with Crippen LogP contribution in [0.15, 0.2) is 48.5 Å². The molecule has 0 spiro atoms. The standard InChI is InChI=1S/C21H22N2O2S/c24-17-7-5-15(6-8-17)16-11-13-23(14-12-16)21(25)10-9-20-22-18-3-1-2-4-19(18)26-20/h1-8,16,24H,9-14H2. The third kappa shape index (κ3) is 3.73. The summed E-state index contributed by atoms with van der Waals surface area (Å²) in [4.78, 5) is 19.2. The molecule has 1 aliphatic rings. The van der Waals surface area contributed by atoms with E-state index in [1.54, 1.807) is 23.5 Å². The Labute approximate surface area is 157 Å². The van der Waals surface area contributed by atoms with Gasteiger partial charge in [0.1, 0.15) is 5.75 Å². The predicted molar refractivity (Wildman–Crippen MR) is 105 cm³/mol. The minimum absolute atomic E-state index is 0.230. The zero-order valence-electron chi connectivity index (χ0n) is 14.6. The molecular weight excluding hydrogens is 344 g/mol. The maximum atomic E-state index is 12.5. The minimum Gasteiger partial charge on any atom is -0.508 e. The second-order valence-electron chi connectivity index (χ2n) is 6.82. The number of hydrogen-bond donors (Lipinski definition) is 1. The smallest absolute Gasteiger partial charge is 0.222 e. The highest BCUT2D eigenvalue weighted by molar-refractivity contribution is 7.18. The van der Waals surface area contributed by atoms with Gasteiger partial charge >= 0.3 is 0 Å². The molecule has 1 aliphatic heterocycles. The van der Waals surface area contributed by atoms with Crippen molar-refractivity contribution in [1.82, 2.24) is 9.88 Å². The quantitative estimate of drug-likeness (QED) is 0.747. The highest BCUT2D eigenvalue weighted by atomic mass is 32.1. The number of likely N-dealkylation sites (tertiary alicyclic amines) is 1. The molecule has 1 amide bonds. The van der Waals surface area contributed by atoms with Gasteiger partial charge in [-0.25, -0.2) is 4.98 Å². The first-order valence-corrected chi connectivity index (χ1v) is 9.92. The van der Waals surface area contributed by atoms with Crippen molar-refractivity contribution in [1.29, 1.82) is 0 Å². The van der Waals surface area contributed by atoms with E-state index in [4.69, 9.17) is 0 Å². The van der Waals surface area contributed by atoms with Crippen molar-refractivity contribution in [3.05, 3.63) is 59.1 Å². The molecule has 1 fully saturated rings. The van der Waals surface area contributed by atoms with Gasteiger partial charge in [-0.05, 0) is 48.6 Å². The van der Waals surface area contributed by atoms with Crippen molar-refractivity contribution in [2.75, 3.05) is 13.1 Å². The number of hydrogen-bond acceptors (Lipinski definition) is 4. The molecule has 1 saturated heterocycles. The SMILES string of the molecule is O=C(CCc1nc2ccccc2s1)N1CCC(c2ccc(O)cc2)CC1. The lowest BCUT2D eigenvalue weighted by molar-refractivity contribution is -0.132. The number of para-hydroxylation sites is 1. The topological polar surface area (TPSA) is 53.4 Å². The van der Waals surface area contributed by atoms with Gasteiger partial charge in [0, 0.05) is 25.9 Å². The summed E-state index contributed by atoms with van der Waals surface area (Å²) in [5.74, 6) is 1.01. The summed E-state index contributed by atoms with van der Waals surface area (Å²) >= 11 is 1.68. The van der Waals surface area contributed by atoms with Crippen molar-refractivity contribution in [2.24, 2.45) is 0 Å². The highest BCUT2D eigenvalue weighted by Gasteiger charge is 2.23. The molecule has 4 rings (SSSR count). The molecule has 0 atom stereocenters. The van der Waals surface area contributed by atoms with E-state index in [2.05, 4.69) is 11.1 Å². The Morgan fingerprint density at radius 2 is 1.85 bits per heavy atom. The molecule has 2 heterocycles. The second-order valence-corrected chi connectivity index (χ2v) is 7.94. The molecule has 0 radical (unpaired) electrons. The number of aromatic hydroxyl groups is 1. The van der Waals surface area contributed by atoms with Crippen LogP contribution in [0.5, 0.6) is 5.75 Å². The molecule has 26 heavy (non-hydrogen) atoms. The van der Waals surface area contributed by atoms with Crippen LogP contribution in [0.3, 0.4) is 0 Å². The minimum atomic E-state index is 0.230. The third-order valence-corrected chi connectivity index (χ3v) is 6.20. The van der Waals surface area contributed by atoms with E-state index in [9.17, 15) is 9.90 Å². The van der Waals surface area contributed by atoms with Gasteiger partial charge in [0.2, 0.25) is 5.91 Å². The van der Waals surface area contributed by atoms with Crippen molar-refractivity contribution in [3.8, 4) is 5.75 Å². The number of carbonyl (C=O) groups excluding carboxylic acids is 1. The molecule has 1 N–H and O–H groups in total. The molecular formula is C21H22N2O2S. The number of piperidine rings is 1. The lowest BCUT2D eigenvalue weighted by Gasteiger charge is -2.32. The summed E-state index contributed by atoms with van der Waals surface area (Å²) < 4.78 is 1.18. The first-order chi connectivity index (χ1) is 12.7. The average molecular weight is 366 g/mol. The van der Waals surface area contributed by atoms with Crippen LogP contribution in [0.1, 0.15) is 35.8 Å². The number of fused-ring (bicyclic) bond motifs is 1. The fraction of sp³-hybridized carbons (Fsp3) is 0.333. The molecule has 0 bridgehead atoms. The summed E-state index contributed by atoms with van der Waals surface area (Å²) in [7, 11) is 0. The fourth-order valence-electron chi connectivity index (χ4n) is 3.61. The number of benzene rings is 2. The van der Waals surface area contributed by atoms with Crippen molar-refractivity contribution < 1.29 is 9.90 Å². The van der Waals surface area contributed by atoms with Gasteiger partial charge in [0.05, 0.1) is 15.2 Å². The molecule has 0 unspecified atom stereocenters. The van der Waals surface area contributed by atoms with E-state index in [0.29, 0.717) is 18.1 Å². The van der Waals surface area contributed by atoms with Crippen molar-refractivity contribution in [2.45, 2.75) is 31.6 Å². The zero-order chi connectivity index (χ0) is 17.9. The Balaban J connectivity index is 1.30. The van der Waals surface area contributed by atoms with Crippen molar-refractivity contribution in [3.63, 3.8) is 0 Å². The molecule has 134 valence electrons. The zero-order valence-corrected chi connectivity index (χ0v) is 15.4. The highest BCUT2D eigenvalue weighted by Crippen LogP contribution is 2.29. The van der Waals surface area contributed by atoms with Gasteiger partial charge < -0.3 is 10.0 Å². The number of phenols is 1. The molecule has 1 aromatic heterocycles. The number of phenolic OH excluding ortho intramolecular Hbond substituents is 1. The maximum absolute atomic E-state index is 12.5. The van der Waals surface area contributed by atoms with Gasteiger partial charge in [0.25, 0.3) is 0 Å². The van der Waals surface area contributed by atoms with Gasteiger partial charge in [-0.3, -0.25) is 4.79 Å². The monoisotopic (exact) mass is 366 g/mol. The summed E-state index contributed by atoms with van der Waals surface area (Å²) in [6.07, 6.45) is 3.22. The number of aromatic nitrogens is 1. The molecule has 3 aromatic rings. The number of aryl methyl sites for hydroxylation is 1. The average Bonchev–Trinajstić information content (AvgIpc) is 3.10. The Morgan fingerprint density at radius 3 is 2.58 bits per heavy atom. The van der Waals surface area contributed by atoms with E-state index in [1.165, 1.54) is 10.3 Å². The van der Waals surface area contributed by atoms with Crippen LogP contribution in [0.2, 0.25) is 0 Å². The van der Waals surface area contributed by atoms with Gasteiger partial charge in [-0.2, -0.15) is 0 Å². The fourth-order valence-corrected chi connectivity index (χ4v) is 4.57. The Morgan fingerprint density at radius 1 is 1.12 bits per heavy atom. The molecule has 2 aromatic carbocycles. The van der Waals surface area contributed by atoms with Crippen LogP contribution in [0.25, 0.3) is 10.2 Å². The number of nitrogens with zero attached hydrogens (tertiary/aromatic N) is 2. The van der Waals surface area contributed by atoms with E-state index < -0.39 is 0 Å². The predicted octanol–water partition coefficient (Wildman–Crippen LogP) is 4.34. The number of thiazole rings is 1. The lowest BCUT2D eigenvalue weighted by atomic mass is 9.89. The number of carbonyl (C=O) groups is 1. The van der Waals surface area contributed by atoms with Crippen LogP contribution in [-0.2, 0) is 11.2 Å². The van der Waals surface area contributed by atoms with Crippen LogP contribution in [0.4, 0.5) is 0 Å². The Bertz CT molecular complexity index is 863. The van der Waals surface area contributed by atoms with Gasteiger partial charge in [0.15, 0.2) is 0 Å². The van der Waals surface area contributed by atoms with Crippen LogP contribution in [-0.4, -0.2) is 34.0 Å². The Kier molecular flexibility index (Phi) is 4.89. The third-order valence-electron chi connectivity index (χ3n) is 5.10. The van der Waals surface area contributed by atoms with E-state index in [1.807, 2.05) is 35.2 Å². The normalized spacial score (nSPS) is 15.5. The van der Waals surface area contributed by atoms with E-state index >= 15 is 0 Å². The van der Waals surface area contributed by atoms with Gasteiger partial charge in [-0.1, -0.05) is 24.3 Å². The van der Waals surface area contributed by atoms with E-state index in [0.717, 1.165) is 42.9 Å². The molecule has 4 nitrogen and oxygen atoms in total. The Hall–Kier alpha value is -2.40. The largest absolute Gasteiger partial charge is 0.508 e. The summed E-state index contributed by atoms with van der Waals surface area (Å²) in [6.45, 7) is 1.62. The first kappa shape index (κ1) is 17.0. The van der Waals surface area contributed by atoms with Crippen LogP contribution < -0.4 is 0 Å². The molecule has 5 heteroatoms. The summed E-state index contributed by atoms with van der Waals surface area (Å²) in [5, 5.41) is 10.5. The lowest BCUT2D eigenvalue weighted by Crippen LogP contribution is -2.38. The summed E-state index contributed by atoms with van der Waals surface area (Å²) in [5.41, 5.74) is 2.28. The van der Waals surface area contributed by atoms with Crippen molar-refractivity contribution >= 4 is 27.5 Å². The second kappa shape index (κ2) is 7.46. The van der Waals surface area contributed by atoms with Crippen LogP contribution in [0, 0.1) is 0 Å². The molecule has 0 saturated carbocycles.